The molecule has 8 heteroatoms. The van der Waals surface area contributed by atoms with E-state index < -0.39 is 10.0 Å². The van der Waals surface area contributed by atoms with Crippen molar-refractivity contribution < 1.29 is 13.2 Å². The van der Waals surface area contributed by atoms with Crippen LogP contribution in [-0.2, 0) is 21.2 Å². The van der Waals surface area contributed by atoms with Gasteiger partial charge in [-0.2, -0.15) is 4.31 Å². The Balaban J connectivity index is 1.45. The van der Waals surface area contributed by atoms with Gasteiger partial charge in [-0.25, -0.2) is 8.42 Å². The van der Waals surface area contributed by atoms with Crippen molar-refractivity contribution >= 4 is 38.2 Å². The predicted octanol–water partition coefficient (Wildman–Crippen LogP) is 4.82. The molecule has 3 aromatic rings. The van der Waals surface area contributed by atoms with Crippen LogP contribution in [0.15, 0.2) is 47.5 Å². The van der Waals surface area contributed by atoms with Crippen molar-refractivity contribution in [3.8, 4) is 0 Å². The zero-order valence-corrected chi connectivity index (χ0v) is 21.2. The Bertz CT molecular complexity index is 1320. The Kier molecular flexibility index (Phi) is 6.84. The molecule has 0 spiro atoms. The Morgan fingerprint density at radius 1 is 0.971 bits per heavy atom. The lowest BCUT2D eigenvalue weighted by atomic mass is 10.1. The number of aryl methyl sites for hydroxylation is 1. The summed E-state index contributed by atoms with van der Waals surface area (Å²) < 4.78 is 28.3. The van der Waals surface area contributed by atoms with Gasteiger partial charge in [0.25, 0.3) is 0 Å². The summed E-state index contributed by atoms with van der Waals surface area (Å²) in [6, 6.07) is 11.3. The number of amides is 1. The van der Waals surface area contributed by atoms with E-state index in [1.807, 2.05) is 37.4 Å². The van der Waals surface area contributed by atoms with Crippen LogP contribution in [0.1, 0.15) is 49.7 Å². The number of anilines is 2. The molecule has 2 aliphatic rings. The van der Waals surface area contributed by atoms with Crippen molar-refractivity contribution in [2.75, 3.05) is 36.4 Å². The van der Waals surface area contributed by atoms with Crippen LogP contribution in [0.25, 0.3) is 10.9 Å². The van der Waals surface area contributed by atoms with Crippen molar-refractivity contribution in [2.24, 2.45) is 0 Å². The molecule has 3 heterocycles. The first kappa shape index (κ1) is 23.9. The minimum Gasteiger partial charge on any atom is -0.370 e. The number of nitrogens with zero attached hydrogens (tertiary/aromatic N) is 2. The molecule has 2 aliphatic heterocycles. The van der Waals surface area contributed by atoms with Gasteiger partial charge < -0.3 is 15.2 Å². The zero-order chi connectivity index (χ0) is 24.4. The highest BCUT2D eigenvalue weighted by Crippen LogP contribution is 2.33. The lowest BCUT2D eigenvalue weighted by Gasteiger charge is -2.31. The maximum atomic E-state index is 13.3. The molecule has 2 saturated heterocycles. The van der Waals surface area contributed by atoms with Gasteiger partial charge in [-0.15, -0.1) is 0 Å². The van der Waals surface area contributed by atoms with Gasteiger partial charge in [-0.3, -0.25) is 4.79 Å². The highest BCUT2D eigenvalue weighted by atomic mass is 32.2. The molecule has 2 N–H and O–H groups in total. The van der Waals surface area contributed by atoms with E-state index in [4.69, 9.17) is 0 Å². The molecule has 2 aromatic carbocycles. The fourth-order valence-corrected chi connectivity index (χ4v) is 6.94. The van der Waals surface area contributed by atoms with Crippen molar-refractivity contribution in [3.63, 3.8) is 0 Å². The number of rotatable bonds is 6. The number of aromatic amines is 1. The molecule has 35 heavy (non-hydrogen) atoms. The van der Waals surface area contributed by atoms with Gasteiger partial charge in [0.1, 0.15) is 0 Å². The van der Waals surface area contributed by atoms with E-state index in [9.17, 15) is 13.2 Å². The zero-order valence-electron chi connectivity index (χ0n) is 20.3. The molecule has 0 unspecified atom stereocenters. The molecule has 0 bridgehead atoms. The standard InChI is InChI=1S/C27H34N4O3S/c1-20-9-8-10-23-27(20)21(19-28-23)17-26(32)29-24-18-22(35(33,34)31-15-6-3-7-16-31)11-12-25(24)30-13-4-2-5-14-30/h8-12,18-19,28H,2-7,13-17H2,1H3,(H,29,32). The summed E-state index contributed by atoms with van der Waals surface area (Å²) in [4.78, 5) is 19.0. The second kappa shape index (κ2) is 10.0. The highest BCUT2D eigenvalue weighted by Gasteiger charge is 2.28. The first-order valence-corrected chi connectivity index (χ1v) is 14.1. The Hall–Kier alpha value is -2.84. The number of sulfonamides is 1. The Morgan fingerprint density at radius 2 is 1.69 bits per heavy atom. The van der Waals surface area contributed by atoms with Crippen LogP contribution in [0.4, 0.5) is 11.4 Å². The van der Waals surface area contributed by atoms with Crippen LogP contribution in [0.2, 0.25) is 0 Å². The molecule has 0 atom stereocenters. The summed E-state index contributed by atoms with van der Waals surface area (Å²) in [7, 11) is -3.59. The molecule has 2 fully saturated rings. The largest absolute Gasteiger partial charge is 0.370 e. The number of hydrogen-bond donors (Lipinski definition) is 2. The van der Waals surface area contributed by atoms with E-state index >= 15 is 0 Å². The number of piperidine rings is 2. The van der Waals surface area contributed by atoms with Crippen molar-refractivity contribution in [3.05, 3.63) is 53.7 Å². The first-order valence-electron chi connectivity index (χ1n) is 12.7. The number of benzene rings is 2. The molecule has 0 aliphatic carbocycles. The van der Waals surface area contributed by atoms with Crippen LogP contribution in [0, 0.1) is 6.92 Å². The topological polar surface area (TPSA) is 85.5 Å². The van der Waals surface area contributed by atoms with Crippen LogP contribution in [-0.4, -0.2) is 49.8 Å². The van der Waals surface area contributed by atoms with Gasteiger partial charge in [0, 0.05) is 43.3 Å². The van der Waals surface area contributed by atoms with Crippen LogP contribution >= 0.6 is 0 Å². The summed E-state index contributed by atoms with van der Waals surface area (Å²) in [5, 5.41) is 4.14. The summed E-state index contributed by atoms with van der Waals surface area (Å²) in [5.41, 5.74) is 4.54. The van der Waals surface area contributed by atoms with E-state index in [0.717, 1.165) is 72.9 Å². The number of nitrogens with one attached hydrogen (secondary N) is 2. The number of H-pyrrole nitrogens is 1. The molecule has 186 valence electrons. The maximum Gasteiger partial charge on any atom is 0.243 e. The third-order valence-electron chi connectivity index (χ3n) is 7.24. The average molecular weight is 495 g/mol. The van der Waals surface area contributed by atoms with Crippen LogP contribution in [0.3, 0.4) is 0 Å². The SMILES string of the molecule is Cc1cccc2[nH]cc(CC(=O)Nc3cc(S(=O)(=O)N4CCCCC4)ccc3N3CCCCC3)c12. The van der Waals surface area contributed by atoms with Gasteiger partial charge in [0.2, 0.25) is 15.9 Å². The van der Waals surface area contributed by atoms with Gasteiger partial charge in [-0.05, 0) is 74.4 Å². The molecule has 5 rings (SSSR count). The van der Waals surface area contributed by atoms with Crippen LogP contribution < -0.4 is 10.2 Å². The van der Waals surface area contributed by atoms with E-state index in [1.54, 1.807) is 16.4 Å². The number of carbonyl (C=O) groups excluding carboxylic acids is 1. The van der Waals surface area contributed by atoms with Crippen molar-refractivity contribution in [2.45, 2.75) is 56.8 Å². The number of fused-ring (bicyclic) bond motifs is 1. The summed E-state index contributed by atoms with van der Waals surface area (Å²) in [6.07, 6.45) is 8.32. The summed E-state index contributed by atoms with van der Waals surface area (Å²) in [6.45, 7) is 4.96. The molecule has 7 nitrogen and oxygen atoms in total. The first-order chi connectivity index (χ1) is 16.9. The normalized spacial score (nSPS) is 17.6. The smallest absolute Gasteiger partial charge is 0.243 e. The maximum absolute atomic E-state index is 13.3. The monoisotopic (exact) mass is 494 g/mol. The van der Waals surface area contributed by atoms with E-state index in [0.29, 0.717) is 18.8 Å². The van der Waals surface area contributed by atoms with Gasteiger partial charge in [-0.1, -0.05) is 18.6 Å². The fourth-order valence-electron chi connectivity index (χ4n) is 5.40. The number of carbonyl (C=O) groups is 1. The quantitative estimate of drug-likeness (QED) is 0.514. The summed E-state index contributed by atoms with van der Waals surface area (Å²) in [5.74, 6) is -0.153. The van der Waals surface area contributed by atoms with Gasteiger partial charge >= 0.3 is 0 Å². The fraction of sp³-hybridized carbons (Fsp3) is 0.444. The number of hydrogen-bond acceptors (Lipinski definition) is 4. The Morgan fingerprint density at radius 3 is 2.43 bits per heavy atom. The molecule has 1 aromatic heterocycles. The lowest BCUT2D eigenvalue weighted by Crippen LogP contribution is -2.36. The second-order valence-corrected chi connectivity index (χ2v) is 11.7. The lowest BCUT2D eigenvalue weighted by molar-refractivity contribution is -0.115. The van der Waals surface area contributed by atoms with E-state index in [-0.39, 0.29) is 17.2 Å². The van der Waals surface area contributed by atoms with Crippen LogP contribution in [0.5, 0.6) is 0 Å². The number of aromatic nitrogens is 1. The predicted molar refractivity (Wildman–Crippen MR) is 140 cm³/mol. The second-order valence-electron chi connectivity index (χ2n) is 9.73. The third-order valence-corrected chi connectivity index (χ3v) is 9.13. The van der Waals surface area contributed by atoms with E-state index in [2.05, 4.69) is 15.2 Å². The van der Waals surface area contributed by atoms with E-state index in [1.165, 1.54) is 6.42 Å². The third kappa shape index (κ3) is 4.95. The van der Waals surface area contributed by atoms with Crippen molar-refractivity contribution in [1.82, 2.24) is 9.29 Å². The molecule has 0 saturated carbocycles. The Labute approximate surface area is 207 Å². The molecular formula is C27H34N4O3S. The molecular weight excluding hydrogens is 460 g/mol. The summed E-state index contributed by atoms with van der Waals surface area (Å²) >= 11 is 0. The molecule has 0 radical (unpaired) electrons. The minimum atomic E-state index is -3.59. The van der Waals surface area contributed by atoms with Crippen molar-refractivity contribution in [1.29, 1.82) is 0 Å². The molecule has 1 amide bonds. The highest BCUT2D eigenvalue weighted by molar-refractivity contribution is 7.89. The minimum absolute atomic E-state index is 0.153. The van der Waals surface area contributed by atoms with Gasteiger partial charge in [0.05, 0.1) is 22.7 Å². The van der Waals surface area contributed by atoms with Gasteiger partial charge in [0.15, 0.2) is 0 Å². The average Bonchev–Trinajstić information content (AvgIpc) is 3.29.